The van der Waals surface area contributed by atoms with Crippen LogP contribution in [0.15, 0.2) is 59.0 Å². The second-order valence-electron chi connectivity index (χ2n) is 4.77. The van der Waals surface area contributed by atoms with Crippen LogP contribution >= 0.6 is 11.3 Å². The van der Waals surface area contributed by atoms with Gasteiger partial charge in [-0.15, -0.1) is 11.3 Å². The summed E-state index contributed by atoms with van der Waals surface area (Å²) in [6.07, 6.45) is 1.67. The van der Waals surface area contributed by atoms with E-state index in [9.17, 15) is 4.39 Å². The number of hydrazone groups is 1. The van der Waals surface area contributed by atoms with E-state index in [1.165, 1.54) is 23.5 Å². The van der Waals surface area contributed by atoms with E-state index >= 15 is 0 Å². The Morgan fingerprint density at radius 3 is 2.77 bits per heavy atom. The van der Waals surface area contributed by atoms with Gasteiger partial charge in [0, 0.05) is 10.9 Å². The summed E-state index contributed by atoms with van der Waals surface area (Å²) in [6.45, 7) is 1.85. The molecule has 0 radical (unpaired) electrons. The highest BCUT2D eigenvalue weighted by molar-refractivity contribution is 7.14. The molecule has 3 aromatic rings. The maximum atomic E-state index is 13.0. The van der Waals surface area contributed by atoms with Crippen molar-refractivity contribution >= 4 is 22.7 Å². The Kier molecular flexibility index (Phi) is 4.25. The van der Waals surface area contributed by atoms with Crippen LogP contribution in [0.3, 0.4) is 0 Å². The van der Waals surface area contributed by atoms with E-state index < -0.39 is 0 Å². The quantitative estimate of drug-likeness (QED) is 0.560. The Morgan fingerprint density at radius 1 is 1.18 bits per heavy atom. The summed E-state index contributed by atoms with van der Waals surface area (Å²) in [5, 5.41) is 6.86. The summed E-state index contributed by atoms with van der Waals surface area (Å²) < 4.78 is 13.0. The SMILES string of the molecule is Cc1cc(F)ccc1C=NNc1nc(-c2ccccc2)cs1. The molecule has 3 nitrogen and oxygen atoms in total. The van der Waals surface area contributed by atoms with Gasteiger partial charge in [0.1, 0.15) is 5.82 Å². The maximum Gasteiger partial charge on any atom is 0.203 e. The van der Waals surface area contributed by atoms with Crippen LogP contribution in [-0.2, 0) is 0 Å². The van der Waals surface area contributed by atoms with E-state index in [-0.39, 0.29) is 5.82 Å². The third kappa shape index (κ3) is 3.38. The summed E-state index contributed by atoms with van der Waals surface area (Å²) >= 11 is 1.49. The summed E-state index contributed by atoms with van der Waals surface area (Å²) in [7, 11) is 0. The molecule has 0 spiro atoms. The van der Waals surface area contributed by atoms with Crippen LogP contribution in [0.1, 0.15) is 11.1 Å². The van der Waals surface area contributed by atoms with Gasteiger partial charge >= 0.3 is 0 Å². The van der Waals surface area contributed by atoms with E-state index in [1.807, 2.05) is 42.6 Å². The monoisotopic (exact) mass is 311 g/mol. The predicted octanol–water partition coefficient (Wildman–Crippen LogP) is 4.70. The van der Waals surface area contributed by atoms with E-state index in [0.717, 1.165) is 27.5 Å². The number of rotatable bonds is 4. The molecule has 0 aliphatic carbocycles. The van der Waals surface area contributed by atoms with Gasteiger partial charge < -0.3 is 0 Å². The molecule has 0 fully saturated rings. The van der Waals surface area contributed by atoms with Crippen molar-refractivity contribution in [3.8, 4) is 11.3 Å². The molecule has 1 heterocycles. The second-order valence-corrected chi connectivity index (χ2v) is 5.63. The van der Waals surface area contributed by atoms with E-state index in [4.69, 9.17) is 0 Å². The lowest BCUT2D eigenvalue weighted by molar-refractivity contribution is 0.626. The molecule has 2 aromatic carbocycles. The summed E-state index contributed by atoms with van der Waals surface area (Å²) in [5.41, 5.74) is 6.61. The summed E-state index contributed by atoms with van der Waals surface area (Å²) in [5.74, 6) is -0.241. The van der Waals surface area contributed by atoms with Gasteiger partial charge in [-0.1, -0.05) is 36.4 Å². The Labute approximate surface area is 132 Å². The van der Waals surface area contributed by atoms with E-state index in [2.05, 4.69) is 15.5 Å². The second kappa shape index (κ2) is 6.49. The first kappa shape index (κ1) is 14.4. The van der Waals surface area contributed by atoms with Crippen molar-refractivity contribution < 1.29 is 4.39 Å². The zero-order valence-electron chi connectivity index (χ0n) is 12.0. The fraction of sp³-hybridized carbons (Fsp3) is 0.0588. The summed E-state index contributed by atoms with van der Waals surface area (Å²) in [4.78, 5) is 4.48. The Morgan fingerprint density at radius 2 is 2.00 bits per heavy atom. The van der Waals surface area contributed by atoms with Crippen LogP contribution in [-0.4, -0.2) is 11.2 Å². The molecule has 0 saturated heterocycles. The zero-order valence-corrected chi connectivity index (χ0v) is 12.8. The molecular weight excluding hydrogens is 297 g/mol. The number of hydrogen-bond donors (Lipinski definition) is 1. The lowest BCUT2D eigenvalue weighted by atomic mass is 10.1. The highest BCUT2D eigenvalue weighted by Gasteiger charge is 2.03. The van der Waals surface area contributed by atoms with Crippen molar-refractivity contribution in [2.75, 3.05) is 5.43 Å². The van der Waals surface area contributed by atoms with Gasteiger partial charge in [-0.3, -0.25) is 5.43 Å². The number of nitrogens with zero attached hydrogens (tertiary/aromatic N) is 2. The minimum atomic E-state index is -0.241. The fourth-order valence-electron chi connectivity index (χ4n) is 2.01. The van der Waals surface area contributed by atoms with E-state index in [0.29, 0.717) is 0 Å². The lowest BCUT2D eigenvalue weighted by Crippen LogP contribution is -1.93. The average molecular weight is 311 g/mol. The molecule has 110 valence electrons. The van der Waals surface area contributed by atoms with Gasteiger partial charge in [0.15, 0.2) is 0 Å². The van der Waals surface area contributed by atoms with Gasteiger partial charge in [0.2, 0.25) is 5.13 Å². The lowest BCUT2D eigenvalue weighted by Gasteiger charge is -1.99. The minimum absolute atomic E-state index is 0.241. The first-order valence-corrected chi connectivity index (χ1v) is 7.66. The molecule has 0 bridgehead atoms. The van der Waals surface area contributed by atoms with Crippen molar-refractivity contribution in [1.82, 2.24) is 4.98 Å². The molecule has 0 atom stereocenters. The number of anilines is 1. The van der Waals surface area contributed by atoms with Crippen molar-refractivity contribution in [2.45, 2.75) is 6.92 Å². The smallest absolute Gasteiger partial charge is 0.203 e. The highest BCUT2D eigenvalue weighted by atomic mass is 32.1. The zero-order chi connectivity index (χ0) is 15.4. The molecule has 1 aromatic heterocycles. The predicted molar refractivity (Wildman–Crippen MR) is 89.9 cm³/mol. The molecule has 22 heavy (non-hydrogen) atoms. The minimum Gasteiger partial charge on any atom is -0.253 e. The Bertz CT molecular complexity index is 797. The Hall–Kier alpha value is -2.53. The number of nitrogens with one attached hydrogen (secondary N) is 1. The van der Waals surface area contributed by atoms with Gasteiger partial charge in [-0.2, -0.15) is 5.10 Å². The van der Waals surface area contributed by atoms with Crippen molar-refractivity contribution in [1.29, 1.82) is 0 Å². The topological polar surface area (TPSA) is 37.3 Å². The van der Waals surface area contributed by atoms with Crippen LogP contribution in [0, 0.1) is 12.7 Å². The van der Waals surface area contributed by atoms with Gasteiger partial charge in [0.05, 0.1) is 11.9 Å². The molecule has 0 amide bonds. The highest BCUT2D eigenvalue weighted by Crippen LogP contribution is 2.24. The molecule has 1 N–H and O–H groups in total. The van der Waals surface area contributed by atoms with Crippen LogP contribution < -0.4 is 5.43 Å². The first-order valence-electron chi connectivity index (χ1n) is 6.78. The number of benzene rings is 2. The molecule has 0 aliphatic rings. The maximum absolute atomic E-state index is 13.0. The third-order valence-electron chi connectivity index (χ3n) is 3.17. The first-order chi connectivity index (χ1) is 10.7. The molecule has 5 heteroatoms. The molecule has 0 aliphatic heterocycles. The molecule has 0 saturated carbocycles. The number of hydrogen-bond acceptors (Lipinski definition) is 4. The molecule has 3 rings (SSSR count). The molecular formula is C17H14FN3S. The molecule has 0 unspecified atom stereocenters. The van der Waals surface area contributed by atoms with E-state index in [1.54, 1.807) is 12.3 Å². The number of halogens is 1. The van der Waals surface area contributed by atoms with Crippen molar-refractivity contribution in [3.05, 3.63) is 70.9 Å². The van der Waals surface area contributed by atoms with Gasteiger partial charge in [0.25, 0.3) is 0 Å². The Balaban J connectivity index is 1.69. The third-order valence-corrected chi connectivity index (χ3v) is 3.92. The van der Waals surface area contributed by atoms with Crippen LogP contribution in [0.4, 0.5) is 9.52 Å². The average Bonchev–Trinajstić information content (AvgIpc) is 2.99. The largest absolute Gasteiger partial charge is 0.253 e. The standard InChI is InChI=1S/C17H14FN3S/c1-12-9-15(18)8-7-14(12)10-19-21-17-20-16(11-22-17)13-5-3-2-4-6-13/h2-11H,1H3,(H,20,21). The van der Waals surface area contributed by atoms with Crippen LogP contribution in [0.5, 0.6) is 0 Å². The van der Waals surface area contributed by atoms with Gasteiger partial charge in [-0.05, 0) is 30.2 Å². The van der Waals surface area contributed by atoms with Crippen molar-refractivity contribution in [2.24, 2.45) is 5.10 Å². The van der Waals surface area contributed by atoms with Crippen molar-refractivity contribution in [3.63, 3.8) is 0 Å². The van der Waals surface area contributed by atoms with Gasteiger partial charge in [-0.25, -0.2) is 9.37 Å². The number of aromatic nitrogens is 1. The summed E-state index contributed by atoms with van der Waals surface area (Å²) in [6, 6.07) is 14.6. The van der Waals surface area contributed by atoms with Crippen LogP contribution in [0.2, 0.25) is 0 Å². The number of thiazole rings is 1. The fourth-order valence-corrected chi connectivity index (χ4v) is 2.68. The number of aryl methyl sites for hydroxylation is 1. The van der Waals surface area contributed by atoms with Crippen LogP contribution in [0.25, 0.3) is 11.3 Å². The normalized spacial score (nSPS) is 11.0.